The van der Waals surface area contributed by atoms with E-state index in [9.17, 15) is 4.79 Å². The van der Waals surface area contributed by atoms with Crippen LogP contribution in [0.15, 0.2) is 71.1 Å². The summed E-state index contributed by atoms with van der Waals surface area (Å²) in [5, 5.41) is 3.45. The molecule has 0 bridgehead atoms. The average Bonchev–Trinajstić information content (AvgIpc) is 3.21. The van der Waals surface area contributed by atoms with Gasteiger partial charge in [0, 0.05) is 16.3 Å². The maximum Gasteiger partial charge on any atom is 0.262 e. The fourth-order valence-electron chi connectivity index (χ4n) is 3.22. The minimum atomic E-state index is -0.246. The Morgan fingerprint density at radius 3 is 2.68 bits per heavy atom. The number of anilines is 1. The molecule has 0 aliphatic carbocycles. The number of nitrogens with one attached hydrogen (secondary N) is 1. The Bertz CT molecular complexity index is 1200. The van der Waals surface area contributed by atoms with Gasteiger partial charge in [0.15, 0.2) is 12.2 Å². The third-order valence-electron chi connectivity index (χ3n) is 5.17. The van der Waals surface area contributed by atoms with Gasteiger partial charge >= 0.3 is 0 Å². The summed E-state index contributed by atoms with van der Waals surface area (Å²) in [7, 11) is 0. The zero-order chi connectivity index (χ0) is 21.8. The standard InChI is InChI=1S/C25H23ClN2O3/c1-3-16(2)17-7-10-21(11-8-17)30-15-24(29)27-20-9-12-23-22(14-20)28-25(31-23)18-5-4-6-19(26)13-18/h4-14,16H,3,15H2,1-2H3,(H,27,29). The van der Waals surface area contributed by atoms with Gasteiger partial charge in [-0.05, 0) is 66.4 Å². The molecule has 1 aromatic heterocycles. The number of aromatic nitrogens is 1. The molecule has 158 valence electrons. The first kappa shape index (κ1) is 20.9. The smallest absolute Gasteiger partial charge is 0.262 e. The Balaban J connectivity index is 1.39. The van der Waals surface area contributed by atoms with Gasteiger partial charge in [0.25, 0.3) is 5.91 Å². The van der Waals surface area contributed by atoms with Crippen LogP contribution >= 0.6 is 11.6 Å². The van der Waals surface area contributed by atoms with Crippen LogP contribution in [0.4, 0.5) is 5.69 Å². The van der Waals surface area contributed by atoms with E-state index in [1.54, 1.807) is 30.3 Å². The molecule has 1 N–H and O–H groups in total. The SMILES string of the molecule is CCC(C)c1ccc(OCC(=O)Nc2ccc3oc(-c4cccc(Cl)c4)nc3c2)cc1. The Morgan fingerprint density at radius 2 is 1.94 bits per heavy atom. The number of carbonyl (C=O) groups excluding carboxylic acids is 1. The number of oxazole rings is 1. The number of carbonyl (C=O) groups is 1. The highest BCUT2D eigenvalue weighted by Gasteiger charge is 2.11. The summed E-state index contributed by atoms with van der Waals surface area (Å²) in [6.45, 7) is 4.27. The average molecular weight is 435 g/mol. The van der Waals surface area contributed by atoms with Crippen LogP contribution in [0.2, 0.25) is 5.02 Å². The Hall–Kier alpha value is -3.31. The van der Waals surface area contributed by atoms with E-state index in [-0.39, 0.29) is 12.5 Å². The minimum Gasteiger partial charge on any atom is -0.484 e. The predicted octanol–water partition coefficient (Wildman–Crippen LogP) is 6.68. The second-order valence-electron chi connectivity index (χ2n) is 7.43. The second kappa shape index (κ2) is 9.23. The van der Waals surface area contributed by atoms with Crippen LogP contribution in [0.25, 0.3) is 22.6 Å². The van der Waals surface area contributed by atoms with Gasteiger partial charge < -0.3 is 14.5 Å². The molecule has 5 nitrogen and oxygen atoms in total. The van der Waals surface area contributed by atoms with Crippen molar-refractivity contribution in [2.45, 2.75) is 26.2 Å². The quantitative estimate of drug-likeness (QED) is 0.352. The molecule has 1 amide bonds. The molecule has 3 aromatic carbocycles. The maximum absolute atomic E-state index is 12.3. The lowest BCUT2D eigenvalue weighted by Crippen LogP contribution is -2.20. The van der Waals surface area contributed by atoms with Crippen molar-refractivity contribution in [3.63, 3.8) is 0 Å². The lowest BCUT2D eigenvalue weighted by atomic mass is 9.99. The monoisotopic (exact) mass is 434 g/mol. The van der Waals surface area contributed by atoms with Crippen LogP contribution in [-0.4, -0.2) is 17.5 Å². The largest absolute Gasteiger partial charge is 0.484 e. The van der Waals surface area contributed by atoms with Gasteiger partial charge in [-0.3, -0.25) is 4.79 Å². The van der Waals surface area contributed by atoms with Crippen molar-refractivity contribution in [3.05, 3.63) is 77.3 Å². The highest BCUT2D eigenvalue weighted by atomic mass is 35.5. The third-order valence-corrected chi connectivity index (χ3v) is 5.41. The molecule has 0 aliphatic rings. The molecule has 0 spiro atoms. The molecule has 4 rings (SSSR count). The molecule has 4 aromatic rings. The van der Waals surface area contributed by atoms with E-state index in [4.69, 9.17) is 20.8 Å². The van der Waals surface area contributed by atoms with Gasteiger partial charge in [-0.1, -0.05) is 43.6 Å². The molecule has 0 saturated carbocycles. The molecule has 0 radical (unpaired) electrons. The van der Waals surface area contributed by atoms with Crippen LogP contribution in [0.3, 0.4) is 0 Å². The topological polar surface area (TPSA) is 64.4 Å². The summed E-state index contributed by atoms with van der Waals surface area (Å²) >= 11 is 6.05. The first-order valence-corrected chi connectivity index (χ1v) is 10.6. The van der Waals surface area contributed by atoms with Gasteiger partial charge in [-0.2, -0.15) is 0 Å². The van der Waals surface area contributed by atoms with Crippen LogP contribution in [-0.2, 0) is 4.79 Å². The van der Waals surface area contributed by atoms with Crippen molar-refractivity contribution in [2.75, 3.05) is 11.9 Å². The molecule has 1 heterocycles. The van der Waals surface area contributed by atoms with Gasteiger partial charge in [0.05, 0.1) is 0 Å². The maximum atomic E-state index is 12.3. The van der Waals surface area contributed by atoms with E-state index >= 15 is 0 Å². The highest BCUT2D eigenvalue weighted by molar-refractivity contribution is 6.30. The van der Waals surface area contributed by atoms with E-state index in [0.717, 1.165) is 12.0 Å². The summed E-state index contributed by atoms with van der Waals surface area (Å²) in [5.41, 5.74) is 3.96. The van der Waals surface area contributed by atoms with Gasteiger partial charge in [0.2, 0.25) is 5.89 Å². The van der Waals surface area contributed by atoms with Crippen LogP contribution in [0.5, 0.6) is 5.75 Å². The summed E-state index contributed by atoms with van der Waals surface area (Å²) < 4.78 is 11.4. The van der Waals surface area contributed by atoms with Gasteiger partial charge in [0.1, 0.15) is 11.3 Å². The van der Waals surface area contributed by atoms with Crippen molar-refractivity contribution in [2.24, 2.45) is 0 Å². The summed E-state index contributed by atoms with van der Waals surface area (Å²) in [6.07, 6.45) is 1.08. The Labute approximate surface area is 186 Å². The van der Waals surface area contributed by atoms with E-state index in [1.807, 2.05) is 36.4 Å². The van der Waals surface area contributed by atoms with E-state index < -0.39 is 0 Å². The predicted molar refractivity (Wildman–Crippen MR) is 124 cm³/mol. The zero-order valence-electron chi connectivity index (χ0n) is 17.4. The van der Waals surface area contributed by atoms with Crippen LogP contribution < -0.4 is 10.1 Å². The Morgan fingerprint density at radius 1 is 1.13 bits per heavy atom. The number of fused-ring (bicyclic) bond motifs is 1. The van der Waals surface area contributed by atoms with E-state index in [0.29, 0.717) is 39.4 Å². The molecule has 31 heavy (non-hydrogen) atoms. The number of amides is 1. The highest BCUT2D eigenvalue weighted by Crippen LogP contribution is 2.28. The number of hydrogen-bond donors (Lipinski definition) is 1. The molecule has 0 saturated heterocycles. The third kappa shape index (κ3) is 5.06. The molecule has 0 aliphatic heterocycles. The van der Waals surface area contributed by atoms with Crippen molar-refractivity contribution in [1.29, 1.82) is 0 Å². The molecule has 1 atom stereocenters. The summed E-state index contributed by atoms with van der Waals surface area (Å²) in [6, 6.07) is 20.5. The molecule has 0 fully saturated rings. The van der Waals surface area contributed by atoms with Crippen molar-refractivity contribution < 1.29 is 13.9 Å². The first-order chi connectivity index (χ1) is 15.0. The summed E-state index contributed by atoms with van der Waals surface area (Å²) in [5.74, 6) is 1.40. The fourth-order valence-corrected chi connectivity index (χ4v) is 3.41. The zero-order valence-corrected chi connectivity index (χ0v) is 18.1. The number of hydrogen-bond acceptors (Lipinski definition) is 4. The molecule has 6 heteroatoms. The normalized spacial score (nSPS) is 12.0. The number of halogens is 1. The van der Waals surface area contributed by atoms with Gasteiger partial charge in [-0.15, -0.1) is 0 Å². The number of nitrogens with zero attached hydrogens (tertiary/aromatic N) is 1. The lowest BCUT2D eigenvalue weighted by molar-refractivity contribution is -0.118. The second-order valence-corrected chi connectivity index (χ2v) is 7.86. The Kier molecular flexibility index (Phi) is 6.23. The number of benzene rings is 3. The minimum absolute atomic E-state index is 0.0761. The van der Waals surface area contributed by atoms with E-state index in [1.165, 1.54) is 5.56 Å². The molecule has 1 unspecified atom stereocenters. The lowest BCUT2D eigenvalue weighted by Gasteiger charge is -2.11. The van der Waals surface area contributed by atoms with E-state index in [2.05, 4.69) is 24.1 Å². The first-order valence-electron chi connectivity index (χ1n) is 10.2. The summed E-state index contributed by atoms with van der Waals surface area (Å²) in [4.78, 5) is 16.8. The van der Waals surface area contributed by atoms with Gasteiger partial charge in [-0.25, -0.2) is 4.98 Å². The van der Waals surface area contributed by atoms with Crippen LogP contribution in [0.1, 0.15) is 31.7 Å². The van der Waals surface area contributed by atoms with Crippen LogP contribution in [0, 0.1) is 0 Å². The number of rotatable bonds is 7. The van der Waals surface area contributed by atoms with Crippen molar-refractivity contribution in [1.82, 2.24) is 4.98 Å². The molecular weight excluding hydrogens is 412 g/mol. The van der Waals surface area contributed by atoms with Crippen molar-refractivity contribution >= 4 is 34.3 Å². The fraction of sp³-hybridized carbons (Fsp3) is 0.200. The van der Waals surface area contributed by atoms with Crippen molar-refractivity contribution in [3.8, 4) is 17.2 Å². The number of ether oxygens (including phenoxy) is 1. The molecular formula is C25H23ClN2O3.